The second-order valence-electron chi connectivity index (χ2n) is 10.4. The van der Waals surface area contributed by atoms with Crippen LogP contribution in [0, 0.1) is 13.8 Å². The molecule has 2 aromatic heterocycles. The van der Waals surface area contributed by atoms with E-state index in [1.165, 1.54) is 0 Å². The third-order valence-electron chi connectivity index (χ3n) is 7.37. The van der Waals surface area contributed by atoms with Crippen molar-refractivity contribution in [2.24, 2.45) is 0 Å². The number of rotatable bonds is 7. The molecule has 1 N–H and O–H groups in total. The molecule has 6 rings (SSSR count). The van der Waals surface area contributed by atoms with Crippen LogP contribution in [-0.4, -0.2) is 38.9 Å². The zero-order valence-corrected chi connectivity index (χ0v) is 24.3. The van der Waals surface area contributed by atoms with Crippen LogP contribution in [0.25, 0.3) is 16.9 Å². The Morgan fingerprint density at radius 2 is 1.71 bits per heavy atom. The number of nitrogens with one attached hydrogen (secondary N) is 1. The zero-order chi connectivity index (χ0) is 29.1. The molecule has 0 fully saturated rings. The first-order valence-corrected chi connectivity index (χ1v) is 14.9. The van der Waals surface area contributed by atoms with Gasteiger partial charge in [-0.05, 0) is 48.7 Å². The Morgan fingerprint density at radius 3 is 2.48 bits per heavy atom. The smallest absolute Gasteiger partial charge is 0.240 e. The Hall–Kier alpha value is -4.69. The van der Waals surface area contributed by atoms with Gasteiger partial charge < -0.3 is 5.32 Å². The van der Waals surface area contributed by atoms with Crippen LogP contribution in [0.1, 0.15) is 33.1 Å². The molecule has 210 valence electrons. The highest BCUT2D eigenvalue weighted by Crippen LogP contribution is 2.48. The van der Waals surface area contributed by atoms with Crippen LogP contribution in [0.4, 0.5) is 5.82 Å². The van der Waals surface area contributed by atoms with Crippen molar-refractivity contribution < 1.29 is 9.59 Å². The SMILES string of the molecule is Cc1cccc(C2SCC(=O)N(CC(=O)NCc3ccncc3)c3c2c(-c2ccccc2)nn3-c2ccccc2C)c1. The quantitative estimate of drug-likeness (QED) is 0.257. The number of pyridine rings is 1. The van der Waals surface area contributed by atoms with Crippen molar-refractivity contribution in [3.05, 3.63) is 131 Å². The number of hydrogen-bond acceptors (Lipinski definition) is 5. The lowest BCUT2D eigenvalue weighted by atomic mass is 9.98. The lowest BCUT2D eigenvalue weighted by molar-refractivity contribution is -0.123. The van der Waals surface area contributed by atoms with E-state index in [1.807, 2.05) is 78.3 Å². The molecule has 0 radical (unpaired) electrons. The van der Waals surface area contributed by atoms with Gasteiger partial charge in [-0.15, -0.1) is 11.8 Å². The van der Waals surface area contributed by atoms with Gasteiger partial charge in [0.2, 0.25) is 11.8 Å². The molecule has 0 saturated heterocycles. The van der Waals surface area contributed by atoms with Crippen molar-refractivity contribution in [1.82, 2.24) is 20.1 Å². The minimum absolute atomic E-state index is 0.121. The number of para-hydroxylation sites is 1. The minimum atomic E-state index is -0.246. The van der Waals surface area contributed by atoms with E-state index < -0.39 is 0 Å². The van der Waals surface area contributed by atoms with Crippen molar-refractivity contribution in [3.63, 3.8) is 0 Å². The van der Waals surface area contributed by atoms with Crippen LogP contribution in [0.2, 0.25) is 0 Å². The maximum absolute atomic E-state index is 13.9. The Morgan fingerprint density at radius 1 is 0.952 bits per heavy atom. The predicted octanol–water partition coefficient (Wildman–Crippen LogP) is 6.04. The number of benzene rings is 3. The van der Waals surface area contributed by atoms with Gasteiger partial charge >= 0.3 is 0 Å². The largest absolute Gasteiger partial charge is 0.350 e. The summed E-state index contributed by atoms with van der Waals surface area (Å²) in [5.74, 6) is 0.477. The van der Waals surface area contributed by atoms with Crippen LogP contribution in [-0.2, 0) is 16.1 Å². The van der Waals surface area contributed by atoms with Gasteiger partial charge in [0.15, 0.2) is 0 Å². The Kier molecular flexibility index (Phi) is 7.88. The maximum atomic E-state index is 13.9. The van der Waals surface area contributed by atoms with Gasteiger partial charge in [-0.3, -0.25) is 19.5 Å². The molecule has 42 heavy (non-hydrogen) atoms. The zero-order valence-electron chi connectivity index (χ0n) is 23.5. The summed E-state index contributed by atoms with van der Waals surface area (Å²) >= 11 is 1.58. The molecule has 0 saturated carbocycles. The fourth-order valence-corrected chi connectivity index (χ4v) is 6.48. The number of hydrogen-bond donors (Lipinski definition) is 1. The van der Waals surface area contributed by atoms with Gasteiger partial charge in [-0.25, -0.2) is 4.68 Å². The number of fused-ring (bicyclic) bond motifs is 1. The monoisotopic (exact) mass is 573 g/mol. The number of carbonyl (C=O) groups is 2. The summed E-state index contributed by atoms with van der Waals surface area (Å²) in [5.41, 5.74) is 7.73. The molecule has 1 atom stereocenters. The van der Waals surface area contributed by atoms with Gasteiger partial charge in [0.05, 0.1) is 22.4 Å². The summed E-state index contributed by atoms with van der Waals surface area (Å²) in [6.45, 7) is 4.33. The third-order valence-corrected chi connectivity index (χ3v) is 8.62. The predicted molar refractivity (Wildman–Crippen MR) is 168 cm³/mol. The average Bonchev–Trinajstić information content (AvgIpc) is 3.33. The summed E-state index contributed by atoms with van der Waals surface area (Å²) < 4.78 is 1.86. The van der Waals surface area contributed by atoms with Crippen molar-refractivity contribution in [2.45, 2.75) is 25.6 Å². The number of nitrogens with zero attached hydrogens (tertiary/aromatic N) is 4. The maximum Gasteiger partial charge on any atom is 0.240 e. The van der Waals surface area contributed by atoms with Crippen LogP contribution in [0.15, 0.2) is 103 Å². The Balaban J connectivity index is 1.53. The number of anilines is 1. The number of amides is 2. The van der Waals surface area contributed by atoms with E-state index in [1.54, 1.807) is 29.1 Å². The van der Waals surface area contributed by atoms with Crippen molar-refractivity contribution in [2.75, 3.05) is 17.2 Å². The fraction of sp³-hybridized carbons (Fsp3) is 0.176. The lowest BCUT2D eigenvalue weighted by Crippen LogP contribution is -2.42. The van der Waals surface area contributed by atoms with E-state index in [0.717, 1.165) is 44.8 Å². The number of aryl methyl sites for hydroxylation is 2. The molecule has 7 nitrogen and oxygen atoms in total. The summed E-state index contributed by atoms with van der Waals surface area (Å²) in [5, 5.41) is 8.00. The Labute approximate surface area is 249 Å². The van der Waals surface area contributed by atoms with Gasteiger partial charge in [0, 0.05) is 30.1 Å². The first-order valence-electron chi connectivity index (χ1n) is 13.9. The van der Waals surface area contributed by atoms with Crippen LogP contribution in [0.5, 0.6) is 0 Å². The second kappa shape index (κ2) is 12.0. The topological polar surface area (TPSA) is 80.1 Å². The van der Waals surface area contributed by atoms with Gasteiger partial charge in [-0.1, -0.05) is 78.4 Å². The first kappa shape index (κ1) is 27.5. The highest BCUT2D eigenvalue weighted by Gasteiger charge is 2.37. The van der Waals surface area contributed by atoms with E-state index in [0.29, 0.717) is 12.4 Å². The number of thioether (sulfide) groups is 1. The summed E-state index contributed by atoms with van der Waals surface area (Å²) in [4.78, 5) is 33.0. The average molecular weight is 574 g/mol. The molecule has 1 unspecified atom stereocenters. The minimum Gasteiger partial charge on any atom is -0.350 e. The van der Waals surface area contributed by atoms with E-state index in [4.69, 9.17) is 5.10 Å². The molecular weight excluding hydrogens is 542 g/mol. The Bertz CT molecular complexity index is 1740. The lowest BCUT2D eigenvalue weighted by Gasteiger charge is -2.24. The van der Waals surface area contributed by atoms with E-state index in [2.05, 4.69) is 41.5 Å². The third kappa shape index (κ3) is 5.58. The molecule has 1 aliphatic heterocycles. The standard InChI is InChI=1S/C34H31N5O2S/c1-23-9-8-13-27(19-23)33-31-32(26-11-4-3-5-12-26)37-39(28-14-7-6-10-24(28)2)34(31)38(30(41)22-42-33)21-29(40)36-20-25-15-17-35-18-16-25/h3-19,33H,20-22H2,1-2H3,(H,36,40). The highest BCUT2D eigenvalue weighted by atomic mass is 32.2. The molecule has 0 bridgehead atoms. The normalized spacial score (nSPS) is 14.8. The van der Waals surface area contributed by atoms with Gasteiger partial charge in [-0.2, -0.15) is 5.10 Å². The highest BCUT2D eigenvalue weighted by molar-refractivity contribution is 8.00. The summed E-state index contributed by atoms with van der Waals surface area (Å²) in [6.07, 6.45) is 3.39. The molecule has 5 aromatic rings. The van der Waals surface area contributed by atoms with Gasteiger partial charge in [0.25, 0.3) is 0 Å². The molecule has 0 spiro atoms. The first-order chi connectivity index (χ1) is 20.5. The number of carbonyl (C=O) groups excluding carboxylic acids is 2. The second-order valence-corrected chi connectivity index (χ2v) is 11.5. The van der Waals surface area contributed by atoms with Crippen LogP contribution in [0.3, 0.4) is 0 Å². The molecule has 3 aromatic carbocycles. The van der Waals surface area contributed by atoms with Gasteiger partial charge in [0.1, 0.15) is 12.4 Å². The van der Waals surface area contributed by atoms with Crippen LogP contribution < -0.4 is 10.2 Å². The van der Waals surface area contributed by atoms with E-state index >= 15 is 0 Å². The summed E-state index contributed by atoms with van der Waals surface area (Å²) in [6, 6.07) is 30.2. The fourth-order valence-electron chi connectivity index (χ4n) is 5.29. The molecule has 8 heteroatoms. The summed E-state index contributed by atoms with van der Waals surface area (Å²) in [7, 11) is 0. The molecule has 0 aliphatic carbocycles. The molecular formula is C34H31N5O2S. The number of aromatic nitrogens is 3. The van der Waals surface area contributed by atoms with Crippen LogP contribution >= 0.6 is 11.8 Å². The van der Waals surface area contributed by atoms with Crippen molar-refractivity contribution in [3.8, 4) is 16.9 Å². The van der Waals surface area contributed by atoms with Crippen molar-refractivity contribution in [1.29, 1.82) is 0 Å². The van der Waals surface area contributed by atoms with E-state index in [-0.39, 0.29) is 29.4 Å². The molecule has 1 aliphatic rings. The molecule has 2 amide bonds. The molecule has 3 heterocycles. The van der Waals surface area contributed by atoms with Crippen molar-refractivity contribution >= 4 is 29.4 Å². The van der Waals surface area contributed by atoms with E-state index in [9.17, 15) is 9.59 Å².